The smallest absolute Gasteiger partial charge is 0.239 e. The molecule has 0 aromatic heterocycles. The molecule has 3 N–H and O–H groups in total. The highest BCUT2D eigenvalue weighted by Gasteiger charge is 2.22. The number of quaternary nitrogens is 1. The quantitative estimate of drug-likeness (QED) is 0.658. The van der Waals surface area contributed by atoms with Gasteiger partial charge in [0.2, 0.25) is 5.91 Å². The van der Waals surface area contributed by atoms with E-state index in [0.717, 1.165) is 23.8 Å². The van der Waals surface area contributed by atoms with Crippen molar-refractivity contribution >= 4 is 11.6 Å². The summed E-state index contributed by atoms with van der Waals surface area (Å²) in [7, 11) is 2.31. The lowest BCUT2D eigenvalue weighted by atomic mass is 9.94. The van der Waals surface area contributed by atoms with Crippen molar-refractivity contribution in [1.82, 2.24) is 5.32 Å². The van der Waals surface area contributed by atoms with Crippen LogP contribution in [0.4, 0.5) is 5.69 Å². The minimum Gasteiger partial charge on any atom is -0.376 e. The van der Waals surface area contributed by atoms with Gasteiger partial charge in [0.25, 0.3) is 0 Å². The molecule has 28 heavy (non-hydrogen) atoms. The van der Waals surface area contributed by atoms with Gasteiger partial charge in [0, 0.05) is 11.3 Å². The molecule has 1 amide bonds. The zero-order valence-corrected chi connectivity index (χ0v) is 17.2. The molecule has 2 atom stereocenters. The van der Waals surface area contributed by atoms with E-state index >= 15 is 0 Å². The van der Waals surface area contributed by atoms with Crippen LogP contribution in [0.5, 0.6) is 0 Å². The fourth-order valence-corrected chi connectivity index (χ4v) is 4.18. The van der Waals surface area contributed by atoms with Crippen LogP contribution in [-0.4, -0.2) is 25.5 Å². The molecule has 1 unspecified atom stereocenters. The Balaban J connectivity index is 1.53. The number of amides is 1. The van der Waals surface area contributed by atoms with Crippen molar-refractivity contribution in [3.8, 4) is 0 Å². The molecule has 150 valence electrons. The molecule has 3 rings (SSSR count). The van der Waals surface area contributed by atoms with Gasteiger partial charge in [-0.15, -0.1) is 0 Å². The van der Waals surface area contributed by atoms with Gasteiger partial charge in [-0.25, -0.2) is 0 Å². The van der Waals surface area contributed by atoms with Crippen molar-refractivity contribution in [3.63, 3.8) is 0 Å². The number of hydrogen-bond donors (Lipinski definition) is 3. The Labute approximate surface area is 169 Å². The van der Waals surface area contributed by atoms with E-state index in [1.165, 1.54) is 37.7 Å². The highest BCUT2D eigenvalue weighted by atomic mass is 16.1. The Morgan fingerprint density at radius 1 is 1.04 bits per heavy atom. The number of anilines is 1. The molecule has 1 aliphatic rings. The predicted octanol–water partition coefficient (Wildman–Crippen LogP) is 3.32. The fraction of sp³-hybridized carbons (Fsp3) is 0.458. The lowest BCUT2D eigenvalue weighted by Crippen LogP contribution is -3.11. The summed E-state index contributed by atoms with van der Waals surface area (Å²) in [6.07, 6.45) is 6.78. The predicted molar refractivity (Wildman–Crippen MR) is 115 cm³/mol. The summed E-state index contributed by atoms with van der Waals surface area (Å²) < 4.78 is 0. The summed E-state index contributed by atoms with van der Waals surface area (Å²) in [4.78, 5) is 14.0. The largest absolute Gasteiger partial charge is 0.376 e. The first-order valence-corrected chi connectivity index (χ1v) is 10.6. The Morgan fingerprint density at radius 3 is 2.46 bits per heavy atom. The first-order valence-electron chi connectivity index (χ1n) is 10.6. The normalized spacial score (nSPS) is 16.9. The average molecular weight is 381 g/mol. The molecular formula is C24H34N3O+. The van der Waals surface area contributed by atoms with Crippen LogP contribution in [0.1, 0.15) is 56.2 Å². The molecule has 4 nitrogen and oxygen atoms in total. The topological polar surface area (TPSA) is 45.6 Å². The third-order valence-electron chi connectivity index (χ3n) is 5.91. The van der Waals surface area contributed by atoms with Gasteiger partial charge in [-0.3, -0.25) is 4.79 Å². The lowest BCUT2D eigenvalue weighted by Gasteiger charge is -2.28. The van der Waals surface area contributed by atoms with Crippen LogP contribution in [0.25, 0.3) is 0 Å². The number of carbonyl (C=O) groups excluding carboxylic acids is 1. The van der Waals surface area contributed by atoms with Gasteiger partial charge in [-0.05, 0) is 44.2 Å². The van der Waals surface area contributed by atoms with Crippen LogP contribution < -0.4 is 15.5 Å². The summed E-state index contributed by atoms with van der Waals surface area (Å²) >= 11 is 0. The van der Waals surface area contributed by atoms with Crippen molar-refractivity contribution in [3.05, 3.63) is 65.7 Å². The Kier molecular flexibility index (Phi) is 7.49. The van der Waals surface area contributed by atoms with Crippen molar-refractivity contribution < 1.29 is 9.69 Å². The third-order valence-corrected chi connectivity index (χ3v) is 5.91. The van der Waals surface area contributed by atoms with Gasteiger partial charge in [-0.1, -0.05) is 55.0 Å². The molecular weight excluding hydrogens is 346 g/mol. The minimum absolute atomic E-state index is 0.00706. The van der Waals surface area contributed by atoms with E-state index in [2.05, 4.69) is 35.9 Å². The molecule has 0 bridgehead atoms. The maximum absolute atomic E-state index is 12.4. The van der Waals surface area contributed by atoms with Crippen LogP contribution in [-0.2, 0) is 11.3 Å². The van der Waals surface area contributed by atoms with Gasteiger partial charge >= 0.3 is 0 Å². The van der Waals surface area contributed by atoms with Crippen LogP contribution in [0.15, 0.2) is 54.6 Å². The summed E-state index contributed by atoms with van der Waals surface area (Å²) in [6.45, 7) is 3.30. The molecule has 2 aromatic carbocycles. The maximum atomic E-state index is 12.4. The Hall–Kier alpha value is -2.33. The molecule has 1 fully saturated rings. The molecule has 1 aliphatic carbocycles. The highest BCUT2D eigenvalue weighted by molar-refractivity contribution is 5.81. The molecule has 2 aromatic rings. The van der Waals surface area contributed by atoms with Gasteiger partial charge in [0.1, 0.15) is 6.54 Å². The standard InChI is InChI=1S/C24H33N3O/c1-19(20-11-5-3-6-12-20)26-24(28)17-25-23-16-10-9-13-21(23)18-27(2)22-14-7-4-8-15-22/h3,5-6,9-13,16,19,22,25H,4,7-8,14-15,17-18H2,1-2H3,(H,26,28)/p+1/t19-/m0/s1. The second kappa shape index (κ2) is 10.3. The van der Waals surface area contributed by atoms with Crippen molar-refractivity contribution in [2.45, 2.75) is 57.7 Å². The molecule has 0 spiro atoms. The van der Waals surface area contributed by atoms with E-state index < -0.39 is 0 Å². The molecule has 0 aliphatic heterocycles. The average Bonchev–Trinajstić information content (AvgIpc) is 2.74. The van der Waals surface area contributed by atoms with Crippen LogP contribution in [0.2, 0.25) is 0 Å². The van der Waals surface area contributed by atoms with E-state index in [0.29, 0.717) is 0 Å². The minimum atomic E-state index is 0.00706. The summed E-state index contributed by atoms with van der Waals surface area (Å²) in [5.74, 6) is 0.0131. The summed E-state index contributed by atoms with van der Waals surface area (Å²) in [6, 6.07) is 19.2. The van der Waals surface area contributed by atoms with Gasteiger partial charge in [-0.2, -0.15) is 0 Å². The maximum Gasteiger partial charge on any atom is 0.239 e. The number of nitrogens with one attached hydrogen (secondary N) is 3. The van der Waals surface area contributed by atoms with Gasteiger partial charge in [0.15, 0.2) is 0 Å². The SMILES string of the molecule is C[C@H](NC(=O)CNc1ccccc1C[NH+](C)C1CCCCC1)c1ccccc1. The first kappa shape index (κ1) is 20.4. The Bertz CT molecular complexity index is 741. The van der Waals surface area contributed by atoms with Gasteiger partial charge in [0.05, 0.1) is 25.7 Å². The van der Waals surface area contributed by atoms with E-state index in [-0.39, 0.29) is 18.5 Å². The third kappa shape index (κ3) is 5.83. The number of rotatable bonds is 8. The van der Waals surface area contributed by atoms with Crippen molar-refractivity contribution in [2.24, 2.45) is 0 Å². The molecule has 0 saturated heterocycles. The van der Waals surface area contributed by atoms with E-state index in [1.54, 1.807) is 4.90 Å². The fourth-order valence-electron chi connectivity index (χ4n) is 4.18. The van der Waals surface area contributed by atoms with Crippen LogP contribution in [0.3, 0.4) is 0 Å². The monoisotopic (exact) mass is 380 g/mol. The van der Waals surface area contributed by atoms with Crippen molar-refractivity contribution in [1.29, 1.82) is 0 Å². The molecule has 0 heterocycles. The van der Waals surface area contributed by atoms with E-state index in [1.807, 2.05) is 43.3 Å². The zero-order valence-electron chi connectivity index (χ0n) is 17.2. The van der Waals surface area contributed by atoms with Crippen molar-refractivity contribution in [2.75, 3.05) is 18.9 Å². The molecule has 4 heteroatoms. The first-order chi connectivity index (χ1) is 13.6. The molecule has 0 radical (unpaired) electrons. The summed E-state index contributed by atoms with van der Waals surface area (Å²) in [5, 5.41) is 6.42. The lowest BCUT2D eigenvalue weighted by molar-refractivity contribution is -0.921. The molecule has 1 saturated carbocycles. The second-order valence-electron chi connectivity index (χ2n) is 8.07. The highest BCUT2D eigenvalue weighted by Crippen LogP contribution is 2.17. The van der Waals surface area contributed by atoms with E-state index in [9.17, 15) is 4.79 Å². The number of benzene rings is 2. The summed E-state index contributed by atoms with van der Waals surface area (Å²) in [5.41, 5.74) is 3.48. The zero-order chi connectivity index (χ0) is 19.8. The van der Waals surface area contributed by atoms with Crippen LogP contribution >= 0.6 is 0 Å². The number of carbonyl (C=O) groups is 1. The number of hydrogen-bond acceptors (Lipinski definition) is 2. The number of para-hydroxylation sites is 1. The van der Waals surface area contributed by atoms with Crippen LogP contribution in [0, 0.1) is 0 Å². The van der Waals surface area contributed by atoms with Gasteiger partial charge < -0.3 is 15.5 Å². The Morgan fingerprint density at radius 2 is 1.71 bits per heavy atom. The second-order valence-corrected chi connectivity index (χ2v) is 8.07. The van der Waals surface area contributed by atoms with E-state index in [4.69, 9.17) is 0 Å².